The van der Waals surface area contributed by atoms with Gasteiger partial charge in [0.1, 0.15) is 6.54 Å². The van der Waals surface area contributed by atoms with Gasteiger partial charge < -0.3 is 20.0 Å². The lowest BCUT2D eigenvalue weighted by atomic mass is 10.2. The zero-order valence-corrected chi connectivity index (χ0v) is 18.3. The molecule has 0 aliphatic carbocycles. The highest BCUT2D eigenvalue weighted by Gasteiger charge is 2.30. The van der Waals surface area contributed by atoms with Crippen molar-refractivity contribution in [3.63, 3.8) is 0 Å². The Morgan fingerprint density at radius 1 is 1.00 bits per heavy atom. The molecule has 1 N–H and O–H groups in total. The number of carbonyl (C=O) groups is 2. The average Bonchev–Trinajstić information content (AvgIpc) is 3.24. The van der Waals surface area contributed by atoms with Crippen molar-refractivity contribution in [2.45, 2.75) is 52.1 Å². The molecule has 28 heavy (non-hydrogen) atoms. The molecule has 160 valence electrons. The second-order valence-corrected chi connectivity index (χ2v) is 8.11. The third-order valence-corrected chi connectivity index (χ3v) is 5.79. The summed E-state index contributed by atoms with van der Waals surface area (Å²) >= 11 is 0. The number of rotatable bonds is 6. The van der Waals surface area contributed by atoms with Crippen LogP contribution in [0.4, 0.5) is 0 Å². The fraction of sp³-hybridized carbons (Fsp3) is 0.850. The first-order valence-electron chi connectivity index (χ1n) is 10.6. The lowest BCUT2D eigenvalue weighted by Gasteiger charge is -2.40. The van der Waals surface area contributed by atoms with Crippen LogP contribution in [0.15, 0.2) is 4.99 Å². The Bertz CT molecular complexity index is 551. The highest BCUT2D eigenvalue weighted by Crippen LogP contribution is 2.14. The quantitative estimate of drug-likeness (QED) is 0.523. The van der Waals surface area contributed by atoms with Gasteiger partial charge >= 0.3 is 0 Å². The van der Waals surface area contributed by atoms with Gasteiger partial charge in [0.15, 0.2) is 5.96 Å². The summed E-state index contributed by atoms with van der Waals surface area (Å²) in [5, 5.41) is 3.45. The average molecular weight is 395 g/mol. The van der Waals surface area contributed by atoms with Crippen molar-refractivity contribution in [1.82, 2.24) is 24.9 Å². The maximum Gasteiger partial charge on any atom is 0.243 e. The molecule has 8 nitrogen and oxygen atoms in total. The number of amides is 2. The molecular formula is C20H38N6O2. The number of likely N-dealkylation sites (tertiary alicyclic amines) is 1. The Morgan fingerprint density at radius 3 is 2.14 bits per heavy atom. The first kappa shape index (κ1) is 22.5. The second kappa shape index (κ2) is 10.6. The number of hydrogen-bond acceptors (Lipinski definition) is 4. The monoisotopic (exact) mass is 394 g/mol. The molecule has 0 saturated carbocycles. The van der Waals surface area contributed by atoms with Gasteiger partial charge in [-0.3, -0.25) is 14.5 Å². The maximum absolute atomic E-state index is 12.7. The Kier molecular flexibility index (Phi) is 8.54. The van der Waals surface area contributed by atoms with Crippen molar-refractivity contribution in [2.75, 3.05) is 59.9 Å². The van der Waals surface area contributed by atoms with E-state index < -0.39 is 0 Å². The normalized spacial score (nSPS) is 20.8. The molecule has 2 saturated heterocycles. The summed E-state index contributed by atoms with van der Waals surface area (Å²) in [6, 6.07) is 0.223. The number of aliphatic imine (C=N–C) groups is 1. The van der Waals surface area contributed by atoms with Gasteiger partial charge in [-0.2, -0.15) is 0 Å². The second-order valence-electron chi connectivity index (χ2n) is 8.11. The smallest absolute Gasteiger partial charge is 0.243 e. The van der Waals surface area contributed by atoms with Crippen molar-refractivity contribution in [3.05, 3.63) is 0 Å². The summed E-state index contributed by atoms with van der Waals surface area (Å²) < 4.78 is 0. The van der Waals surface area contributed by atoms with Gasteiger partial charge in [0.25, 0.3) is 0 Å². The summed E-state index contributed by atoms with van der Waals surface area (Å²) in [7, 11) is 3.49. The summed E-state index contributed by atoms with van der Waals surface area (Å²) in [6.45, 7) is 11.5. The molecule has 8 heteroatoms. The van der Waals surface area contributed by atoms with E-state index in [9.17, 15) is 9.59 Å². The minimum Gasteiger partial charge on any atom is -0.354 e. The molecule has 0 bridgehead atoms. The standard InChI is InChI=1S/C20H38N6O2/c1-6-16(2)22-20(21-15-18(27)23(4)5)26-13-11-24(12-14-26)17(3)19(28)25-9-7-8-10-25/h16-17H,6-15H2,1-5H3,(H,21,22). The zero-order chi connectivity index (χ0) is 20.7. The van der Waals surface area contributed by atoms with Crippen LogP contribution in [0.1, 0.15) is 40.0 Å². The van der Waals surface area contributed by atoms with E-state index in [1.54, 1.807) is 19.0 Å². The predicted molar refractivity (Wildman–Crippen MR) is 112 cm³/mol. The van der Waals surface area contributed by atoms with E-state index in [2.05, 4.69) is 34.0 Å². The maximum atomic E-state index is 12.7. The molecule has 2 atom stereocenters. The minimum absolute atomic E-state index is 0.00748. The Balaban J connectivity index is 1.94. The number of hydrogen-bond donors (Lipinski definition) is 1. The van der Waals surface area contributed by atoms with Crippen molar-refractivity contribution < 1.29 is 9.59 Å². The number of carbonyl (C=O) groups excluding carboxylic acids is 2. The van der Waals surface area contributed by atoms with Gasteiger partial charge in [0.05, 0.1) is 6.04 Å². The van der Waals surface area contributed by atoms with Crippen LogP contribution in [-0.4, -0.2) is 109 Å². The molecule has 0 aromatic rings. The first-order valence-corrected chi connectivity index (χ1v) is 10.6. The number of nitrogens with one attached hydrogen (secondary N) is 1. The van der Waals surface area contributed by atoms with Crippen LogP contribution < -0.4 is 5.32 Å². The van der Waals surface area contributed by atoms with Crippen molar-refractivity contribution in [3.8, 4) is 0 Å². The van der Waals surface area contributed by atoms with E-state index in [1.807, 2.05) is 11.8 Å². The lowest BCUT2D eigenvalue weighted by molar-refractivity contribution is -0.135. The largest absolute Gasteiger partial charge is 0.354 e. The van der Waals surface area contributed by atoms with Crippen LogP contribution >= 0.6 is 0 Å². The molecule has 0 aromatic heterocycles. The van der Waals surface area contributed by atoms with Crippen molar-refractivity contribution >= 4 is 17.8 Å². The van der Waals surface area contributed by atoms with E-state index in [-0.39, 0.29) is 24.4 Å². The minimum atomic E-state index is -0.0708. The predicted octanol–water partition coefficient (Wildman–Crippen LogP) is 0.447. The fourth-order valence-corrected chi connectivity index (χ4v) is 3.52. The molecule has 0 spiro atoms. The van der Waals surface area contributed by atoms with Crippen LogP contribution in [-0.2, 0) is 9.59 Å². The first-order chi connectivity index (χ1) is 13.3. The summed E-state index contributed by atoms with van der Waals surface area (Å²) in [5.41, 5.74) is 0. The Hall–Kier alpha value is -1.83. The molecule has 2 rings (SSSR count). The van der Waals surface area contributed by atoms with Gasteiger partial charge in [-0.25, -0.2) is 4.99 Å². The van der Waals surface area contributed by atoms with E-state index in [1.165, 1.54) is 0 Å². The molecule has 2 unspecified atom stereocenters. The van der Waals surface area contributed by atoms with Gasteiger partial charge in [0, 0.05) is 59.4 Å². The zero-order valence-electron chi connectivity index (χ0n) is 18.3. The highest BCUT2D eigenvalue weighted by atomic mass is 16.2. The molecule has 2 amide bonds. The van der Waals surface area contributed by atoms with Crippen LogP contribution in [0.25, 0.3) is 0 Å². The Labute approximate surface area is 169 Å². The molecule has 2 aliphatic rings. The van der Waals surface area contributed by atoms with E-state index >= 15 is 0 Å². The van der Waals surface area contributed by atoms with E-state index in [0.29, 0.717) is 6.04 Å². The van der Waals surface area contributed by atoms with Crippen LogP contribution in [0.3, 0.4) is 0 Å². The molecule has 0 radical (unpaired) electrons. The summed E-state index contributed by atoms with van der Waals surface area (Å²) in [5.74, 6) is 1.05. The van der Waals surface area contributed by atoms with Crippen molar-refractivity contribution in [2.24, 2.45) is 4.99 Å². The summed E-state index contributed by atoms with van der Waals surface area (Å²) in [4.78, 5) is 37.2. The number of piperazine rings is 1. The molecule has 0 aromatic carbocycles. The topological polar surface area (TPSA) is 71.5 Å². The van der Waals surface area contributed by atoms with Gasteiger partial charge in [-0.05, 0) is 33.1 Å². The van der Waals surface area contributed by atoms with Crippen LogP contribution in [0.5, 0.6) is 0 Å². The number of guanidine groups is 1. The van der Waals surface area contributed by atoms with Crippen LogP contribution in [0, 0.1) is 0 Å². The summed E-state index contributed by atoms with van der Waals surface area (Å²) in [6.07, 6.45) is 3.24. The third kappa shape index (κ3) is 6.09. The van der Waals surface area contributed by atoms with Crippen LogP contribution in [0.2, 0.25) is 0 Å². The number of likely N-dealkylation sites (N-methyl/N-ethyl adjacent to an activating group) is 1. The van der Waals surface area contributed by atoms with Gasteiger partial charge in [-0.15, -0.1) is 0 Å². The fourth-order valence-electron chi connectivity index (χ4n) is 3.52. The molecule has 2 fully saturated rings. The SMILES string of the molecule is CCC(C)NC(=NCC(=O)N(C)C)N1CCN(C(C)C(=O)N2CCCC2)CC1. The van der Waals surface area contributed by atoms with Gasteiger partial charge in [0.2, 0.25) is 11.8 Å². The van der Waals surface area contributed by atoms with E-state index in [4.69, 9.17) is 0 Å². The van der Waals surface area contributed by atoms with E-state index in [0.717, 1.165) is 64.5 Å². The number of nitrogens with zero attached hydrogens (tertiary/aromatic N) is 5. The van der Waals surface area contributed by atoms with Gasteiger partial charge in [-0.1, -0.05) is 6.92 Å². The Morgan fingerprint density at radius 2 is 1.61 bits per heavy atom. The van der Waals surface area contributed by atoms with Crippen molar-refractivity contribution in [1.29, 1.82) is 0 Å². The lowest BCUT2D eigenvalue weighted by Crippen LogP contribution is -2.57. The third-order valence-electron chi connectivity index (χ3n) is 5.79. The molecule has 2 aliphatic heterocycles. The highest BCUT2D eigenvalue weighted by molar-refractivity contribution is 5.85. The molecular weight excluding hydrogens is 356 g/mol. The molecule has 2 heterocycles.